The smallest absolute Gasteiger partial charge is 0.225 e. The van der Waals surface area contributed by atoms with Crippen LogP contribution in [0.2, 0.25) is 0 Å². The Kier molecular flexibility index (Phi) is 4.26. The van der Waals surface area contributed by atoms with Gasteiger partial charge in [0.1, 0.15) is 10.7 Å². The van der Waals surface area contributed by atoms with Crippen molar-refractivity contribution in [3.8, 4) is 0 Å². The van der Waals surface area contributed by atoms with Crippen molar-refractivity contribution in [2.24, 2.45) is 11.7 Å². The molecular weight excluding hydrogens is 262 g/mol. The van der Waals surface area contributed by atoms with Gasteiger partial charge in [0.2, 0.25) is 11.9 Å². The number of nitrogens with one attached hydrogen (secondary N) is 1. The molecule has 0 radical (unpaired) electrons. The summed E-state index contributed by atoms with van der Waals surface area (Å²) < 4.78 is 0. The summed E-state index contributed by atoms with van der Waals surface area (Å²) in [4.78, 5) is 22.5. The first-order valence-corrected chi connectivity index (χ1v) is 6.62. The van der Waals surface area contributed by atoms with Crippen molar-refractivity contribution in [2.75, 3.05) is 25.0 Å². The van der Waals surface area contributed by atoms with Crippen LogP contribution in [0.25, 0.3) is 0 Å². The van der Waals surface area contributed by atoms with Gasteiger partial charge in [0.15, 0.2) is 0 Å². The van der Waals surface area contributed by atoms with Crippen LogP contribution in [0.15, 0.2) is 12.3 Å². The minimum absolute atomic E-state index is 0.0833. The first kappa shape index (κ1) is 13.7. The Balaban J connectivity index is 2.03. The minimum atomic E-state index is 0.0833. The summed E-state index contributed by atoms with van der Waals surface area (Å²) in [5.41, 5.74) is 6.14. The van der Waals surface area contributed by atoms with Gasteiger partial charge in [0, 0.05) is 32.3 Å². The highest BCUT2D eigenvalue weighted by molar-refractivity contribution is 7.80. The lowest BCUT2D eigenvalue weighted by Gasteiger charge is -2.31. The average Bonchev–Trinajstić information content (AvgIpc) is 2.46. The van der Waals surface area contributed by atoms with Crippen LogP contribution in [-0.4, -0.2) is 41.0 Å². The van der Waals surface area contributed by atoms with Gasteiger partial charge in [-0.25, -0.2) is 9.97 Å². The van der Waals surface area contributed by atoms with Crippen molar-refractivity contribution in [1.29, 1.82) is 0 Å². The molecule has 6 nitrogen and oxygen atoms in total. The van der Waals surface area contributed by atoms with Gasteiger partial charge in [-0.3, -0.25) is 4.79 Å². The number of rotatable bonds is 3. The first-order valence-electron chi connectivity index (χ1n) is 6.21. The van der Waals surface area contributed by atoms with Gasteiger partial charge < -0.3 is 16.0 Å². The molecule has 0 unspecified atom stereocenters. The summed E-state index contributed by atoms with van der Waals surface area (Å²) in [7, 11) is 1.67. The number of carbonyl (C=O) groups excluding carboxylic acids is 1. The number of hydrogen-bond acceptors (Lipinski definition) is 5. The molecule has 7 heteroatoms. The molecule has 0 aromatic carbocycles. The van der Waals surface area contributed by atoms with Crippen molar-refractivity contribution in [1.82, 2.24) is 15.3 Å². The van der Waals surface area contributed by atoms with Gasteiger partial charge in [-0.15, -0.1) is 0 Å². The van der Waals surface area contributed by atoms with Gasteiger partial charge in [0.25, 0.3) is 0 Å². The summed E-state index contributed by atoms with van der Waals surface area (Å²) in [6.45, 7) is 1.53. The summed E-state index contributed by atoms with van der Waals surface area (Å²) in [6, 6.07) is 1.70. The van der Waals surface area contributed by atoms with E-state index in [9.17, 15) is 4.79 Å². The zero-order chi connectivity index (χ0) is 13.8. The molecule has 0 bridgehead atoms. The molecule has 1 aromatic heterocycles. The molecule has 19 heavy (non-hydrogen) atoms. The van der Waals surface area contributed by atoms with Gasteiger partial charge in [-0.2, -0.15) is 0 Å². The molecule has 0 atom stereocenters. The first-order chi connectivity index (χ1) is 9.11. The molecule has 102 valence electrons. The number of piperidine rings is 1. The van der Waals surface area contributed by atoms with Gasteiger partial charge in [-0.1, -0.05) is 12.2 Å². The molecule has 1 aliphatic heterocycles. The van der Waals surface area contributed by atoms with Crippen LogP contribution < -0.4 is 16.0 Å². The molecule has 3 N–H and O–H groups in total. The molecule has 1 saturated heterocycles. The van der Waals surface area contributed by atoms with Crippen molar-refractivity contribution >= 4 is 29.1 Å². The van der Waals surface area contributed by atoms with E-state index in [1.807, 2.05) is 0 Å². The van der Waals surface area contributed by atoms with E-state index in [2.05, 4.69) is 20.2 Å². The lowest BCUT2D eigenvalue weighted by atomic mass is 9.96. The van der Waals surface area contributed by atoms with Crippen LogP contribution in [-0.2, 0) is 4.79 Å². The Labute approximate surface area is 117 Å². The number of thiocarbonyl (C=S) groups is 1. The quantitative estimate of drug-likeness (QED) is 0.762. The Morgan fingerprint density at radius 2 is 2.21 bits per heavy atom. The van der Waals surface area contributed by atoms with Crippen LogP contribution in [0.3, 0.4) is 0 Å². The Bertz CT molecular complexity index is 485. The second-order valence-electron chi connectivity index (χ2n) is 4.48. The summed E-state index contributed by atoms with van der Waals surface area (Å²) >= 11 is 4.91. The summed E-state index contributed by atoms with van der Waals surface area (Å²) in [6.07, 6.45) is 3.27. The number of hydrogen-bond donors (Lipinski definition) is 2. The topological polar surface area (TPSA) is 84.1 Å². The number of carbonyl (C=O) groups is 1. The van der Waals surface area contributed by atoms with Crippen molar-refractivity contribution in [2.45, 2.75) is 12.8 Å². The number of nitrogens with zero attached hydrogens (tertiary/aromatic N) is 3. The van der Waals surface area contributed by atoms with E-state index >= 15 is 0 Å². The van der Waals surface area contributed by atoms with Crippen LogP contribution in [0.1, 0.15) is 18.5 Å². The Morgan fingerprint density at radius 1 is 1.53 bits per heavy atom. The highest BCUT2D eigenvalue weighted by Gasteiger charge is 2.25. The van der Waals surface area contributed by atoms with E-state index in [0.29, 0.717) is 11.6 Å². The molecule has 1 fully saturated rings. The fourth-order valence-corrected chi connectivity index (χ4v) is 2.30. The fraction of sp³-hybridized carbons (Fsp3) is 0.500. The van der Waals surface area contributed by atoms with E-state index in [1.54, 1.807) is 19.3 Å². The molecule has 1 aromatic rings. The normalized spacial score (nSPS) is 16.2. The summed E-state index contributed by atoms with van der Waals surface area (Å²) in [5.74, 6) is 0.818. The van der Waals surface area contributed by atoms with E-state index in [1.165, 1.54) is 0 Å². The van der Waals surface area contributed by atoms with E-state index in [0.717, 1.165) is 25.9 Å². The van der Waals surface area contributed by atoms with Crippen molar-refractivity contribution in [3.63, 3.8) is 0 Å². The molecule has 1 amide bonds. The highest BCUT2D eigenvalue weighted by atomic mass is 32.1. The van der Waals surface area contributed by atoms with Crippen LogP contribution in [0.4, 0.5) is 5.95 Å². The third-order valence-electron chi connectivity index (χ3n) is 3.29. The SMILES string of the molecule is CNC(=O)C1CCN(c2nccc(C(N)=S)n2)CC1. The zero-order valence-corrected chi connectivity index (χ0v) is 11.6. The van der Waals surface area contributed by atoms with Crippen LogP contribution >= 0.6 is 12.2 Å². The lowest BCUT2D eigenvalue weighted by Crippen LogP contribution is -2.40. The molecule has 0 spiro atoms. The third kappa shape index (κ3) is 3.17. The van der Waals surface area contributed by atoms with Crippen molar-refractivity contribution in [3.05, 3.63) is 18.0 Å². The average molecular weight is 279 g/mol. The molecular formula is C12H17N5OS. The van der Waals surface area contributed by atoms with Gasteiger partial charge in [-0.05, 0) is 18.9 Å². The lowest BCUT2D eigenvalue weighted by molar-refractivity contribution is -0.125. The molecule has 2 heterocycles. The molecule has 0 aliphatic carbocycles. The molecule has 0 saturated carbocycles. The predicted molar refractivity (Wildman–Crippen MR) is 76.9 cm³/mol. The van der Waals surface area contributed by atoms with E-state index in [-0.39, 0.29) is 16.8 Å². The third-order valence-corrected chi connectivity index (χ3v) is 3.50. The second kappa shape index (κ2) is 5.92. The highest BCUT2D eigenvalue weighted by Crippen LogP contribution is 2.20. The van der Waals surface area contributed by atoms with Gasteiger partial charge >= 0.3 is 0 Å². The minimum Gasteiger partial charge on any atom is -0.388 e. The number of amides is 1. The maximum absolute atomic E-state index is 11.6. The second-order valence-corrected chi connectivity index (χ2v) is 4.92. The zero-order valence-electron chi connectivity index (χ0n) is 10.8. The molecule has 2 rings (SSSR count). The van der Waals surface area contributed by atoms with Gasteiger partial charge in [0.05, 0.1) is 0 Å². The largest absolute Gasteiger partial charge is 0.388 e. The van der Waals surface area contributed by atoms with E-state index < -0.39 is 0 Å². The maximum atomic E-state index is 11.6. The Morgan fingerprint density at radius 3 is 2.79 bits per heavy atom. The number of aromatic nitrogens is 2. The fourth-order valence-electron chi connectivity index (χ4n) is 2.18. The monoisotopic (exact) mass is 279 g/mol. The maximum Gasteiger partial charge on any atom is 0.225 e. The standard InChI is InChI=1S/C12H17N5OS/c1-14-11(18)8-3-6-17(7-4-8)12-15-5-2-9(16-12)10(13)19/h2,5,8H,3-4,6-7H2,1H3,(H2,13,19)(H,14,18). The predicted octanol–water partition coefficient (Wildman–Crippen LogP) is 0.0732. The number of anilines is 1. The van der Waals surface area contributed by atoms with Crippen LogP contribution in [0, 0.1) is 5.92 Å². The van der Waals surface area contributed by atoms with Crippen molar-refractivity contribution < 1.29 is 4.79 Å². The van der Waals surface area contributed by atoms with E-state index in [4.69, 9.17) is 18.0 Å². The molecule has 1 aliphatic rings. The van der Waals surface area contributed by atoms with Crippen LogP contribution in [0.5, 0.6) is 0 Å². The Hall–Kier alpha value is -1.76. The summed E-state index contributed by atoms with van der Waals surface area (Å²) in [5, 5.41) is 2.69. The number of nitrogens with two attached hydrogens (primary N) is 1.